The maximum atomic E-state index is 11.2. The Morgan fingerprint density at radius 3 is 2.65 bits per heavy atom. The van der Waals surface area contributed by atoms with Crippen LogP contribution in [0, 0.1) is 5.92 Å². The van der Waals surface area contributed by atoms with Crippen LogP contribution < -0.4 is 16.8 Å². The molecule has 5 N–H and O–H groups in total. The first-order valence-electron chi connectivity index (χ1n) is 5.50. The molecule has 17 heavy (non-hydrogen) atoms. The van der Waals surface area contributed by atoms with Gasteiger partial charge in [0.25, 0.3) is 5.91 Å². The molecule has 0 heterocycles. The molecule has 0 fully saturated rings. The largest absolute Gasteiger partial charge is 0.383 e. The van der Waals surface area contributed by atoms with Crippen molar-refractivity contribution in [3.63, 3.8) is 0 Å². The lowest BCUT2D eigenvalue weighted by molar-refractivity contribution is 0.100. The lowest BCUT2D eigenvalue weighted by Gasteiger charge is -2.18. The fourth-order valence-electron chi connectivity index (χ4n) is 1.34. The molecule has 0 aromatic heterocycles. The summed E-state index contributed by atoms with van der Waals surface area (Å²) in [6, 6.07) is 5.01. The summed E-state index contributed by atoms with van der Waals surface area (Å²) in [5.74, 6) is -0.139. The number of hydrogen-bond acceptors (Lipinski definition) is 3. The molecule has 1 rings (SSSR count). The maximum absolute atomic E-state index is 11.2. The molecule has 0 aliphatic heterocycles. The second-order valence-corrected chi connectivity index (χ2v) is 4.78. The Balaban J connectivity index is 2.80. The van der Waals surface area contributed by atoms with Crippen LogP contribution in [0.5, 0.6) is 0 Å². The van der Waals surface area contributed by atoms with E-state index in [0.29, 0.717) is 28.7 Å². The Morgan fingerprint density at radius 1 is 1.47 bits per heavy atom. The highest BCUT2D eigenvalue weighted by Gasteiger charge is 2.11. The molecule has 1 aromatic carbocycles. The summed E-state index contributed by atoms with van der Waals surface area (Å²) in [5, 5.41) is 3.60. The van der Waals surface area contributed by atoms with E-state index in [-0.39, 0.29) is 6.04 Å². The zero-order valence-electron chi connectivity index (χ0n) is 10.0. The fraction of sp³-hybridized carbons (Fsp3) is 0.417. The number of benzene rings is 1. The van der Waals surface area contributed by atoms with E-state index in [1.54, 1.807) is 18.2 Å². The fourth-order valence-corrected chi connectivity index (χ4v) is 1.51. The van der Waals surface area contributed by atoms with Gasteiger partial charge in [-0.3, -0.25) is 4.79 Å². The second-order valence-electron chi connectivity index (χ2n) is 4.34. The number of nitrogens with two attached hydrogens (primary N) is 2. The van der Waals surface area contributed by atoms with Crippen LogP contribution in [0.25, 0.3) is 0 Å². The third-order valence-electron chi connectivity index (χ3n) is 2.63. The van der Waals surface area contributed by atoms with Gasteiger partial charge in [0.1, 0.15) is 0 Å². The number of carbonyl (C=O) groups excluding carboxylic acids is 1. The van der Waals surface area contributed by atoms with Crippen molar-refractivity contribution in [3.05, 3.63) is 28.8 Å². The predicted molar refractivity (Wildman–Crippen MR) is 71.3 cm³/mol. The van der Waals surface area contributed by atoms with E-state index in [1.807, 2.05) is 13.8 Å². The first-order chi connectivity index (χ1) is 7.91. The monoisotopic (exact) mass is 255 g/mol. The summed E-state index contributed by atoms with van der Waals surface area (Å²) in [4.78, 5) is 11.2. The van der Waals surface area contributed by atoms with Crippen LogP contribution in [0.2, 0.25) is 5.02 Å². The lowest BCUT2D eigenvalue weighted by atomic mass is 10.1. The number of amides is 1. The Kier molecular flexibility index (Phi) is 4.78. The molecule has 1 aromatic rings. The van der Waals surface area contributed by atoms with Crippen molar-refractivity contribution in [2.75, 3.05) is 11.9 Å². The normalized spacial score (nSPS) is 12.5. The highest BCUT2D eigenvalue weighted by molar-refractivity contribution is 6.31. The van der Waals surface area contributed by atoms with E-state index in [9.17, 15) is 4.79 Å². The number of nitrogens with one attached hydrogen (secondary N) is 1. The Labute approximate surface area is 106 Å². The molecule has 1 atom stereocenters. The molecule has 0 bridgehead atoms. The van der Waals surface area contributed by atoms with E-state index in [4.69, 9.17) is 23.1 Å². The number of rotatable bonds is 5. The SMILES string of the molecule is CC(C)C(N)CNc1ccc(Cl)cc1C(N)=O. The summed E-state index contributed by atoms with van der Waals surface area (Å²) in [6.45, 7) is 4.67. The van der Waals surface area contributed by atoms with Gasteiger partial charge in [-0.2, -0.15) is 0 Å². The minimum Gasteiger partial charge on any atom is -0.383 e. The molecule has 1 amide bonds. The summed E-state index contributed by atoms with van der Waals surface area (Å²) in [6.07, 6.45) is 0. The number of carbonyl (C=O) groups is 1. The average Bonchev–Trinajstić information content (AvgIpc) is 2.26. The van der Waals surface area contributed by atoms with Gasteiger partial charge < -0.3 is 16.8 Å². The van der Waals surface area contributed by atoms with E-state index < -0.39 is 5.91 Å². The van der Waals surface area contributed by atoms with E-state index >= 15 is 0 Å². The van der Waals surface area contributed by atoms with Crippen LogP contribution in [-0.4, -0.2) is 18.5 Å². The standard InChI is InChI=1S/C12H18ClN3O/c1-7(2)10(14)6-16-11-4-3-8(13)5-9(11)12(15)17/h3-5,7,10,16H,6,14H2,1-2H3,(H2,15,17). The average molecular weight is 256 g/mol. The quantitative estimate of drug-likeness (QED) is 0.751. The minimum atomic E-state index is -0.506. The van der Waals surface area contributed by atoms with Gasteiger partial charge in [0, 0.05) is 23.3 Å². The van der Waals surface area contributed by atoms with E-state index in [0.717, 1.165) is 0 Å². The Bertz CT molecular complexity index is 407. The molecule has 4 nitrogen and oxygen atoms in total. The van der Waals surface area contributed by atoms with Crippen molar-refractivity contribution >= 4 is 23.2 Å². The van der Waals surface area contributed by atoms with Gasteiger partial charge in [-0.05, 0) is 24.1 Å². The molecule has 0 saturated heterocycles. The van der Waals surface area contributed by atoms with Gasteiger partial charge in [0.05, 0.1) is 5.56 Å². The van der Waals surface area contributed by atoms with Gasteiger partial charge in [0.2, 0.25) is 0 Å². The van der Waals surface area contributed by atoms with Crippen LogP contribution in [0.3, 0.4) is 0 Å². The van der Waals surface area contributed by atoms with Crippen LogP contribution in [0.15, 0.2) is 18.2 Å². The van der Waals surface area contributed by atoms with Gasteiger partial charge in [-0.1, -0.05) is 25.4 Å². The first-order valence-corrected chi connectivity index (χ1v) is 5.88. The van der Waals surface area contributed by atoms with Gasteiger partial charge in [0.15, 0.2) is 0 Å². The van der Waals surface area contributed by atoms with Crippen molar-refractivity contribution in [2.24, 2.45) is 17.4 Å². The highest BCUT2D eigenvalue weighted by Crippen LogP contribution is 2.20. The van der Waals surface area contributed by atoms with Crippen LogP contribution in [0.4, 0.5) is 5.69 Å². The molecule has 1 unspecified atom stereocenters. The molecule has 0 radical (unpaired) electrons. The van der Waals surface area contributed by atoms with Crippen molar-refractivity contribution in [1.82, 2.24) is 0 Å². The van der Waals surface area contributed by atoms with Crippen LogP contribution >= 0.6 is 11.6 Å². The van der Waals surface area contributed by atoms with Crippen LogP contribution in [-0.2, 0) is 0 Å². The number of anilines is 1. The number of hydrogen-bond donors (Lipinski definition) is 3. The highest BCUT2D eigenvalue weighted by atomic mass is 35.5. The maximum Gasteiger partial charge on any atom is 0.250 e. The summed E-state index contributed by atoms with van der Waals surface area (Å²) < 4.78 is 0. The molecular weight excluding hydrogens is 238 g/mol. The molecule has 0 spiro atoms. The van der Waals surface area contributed by atoms with Crippen molar-refractivity contribution in [3.8, 4) is 0 Å². The van der Waals surface area contributed by atoms with Gasteiger partial charge >= 0.3 is 0 Å². The smallest absolute Gasteiger partial charge is 0.250 e. The molecule has 0 aliphatic carbocycles. The van der Waals surface area contributed by atoms with Crippen LogP contribution in [0.1, 0.15) is 24.2 Å². The summed E-state index contributed by atoms with van der Waals surface area (Å²) in [5.41, 5.74) is 12.2. The summed E-state index contributed by atoms with van der Waals surface area (Å²) in [7, 11) is 0. The molecule has 0 saturated carbocycles. The first kappa shape index (κ1) is 13.8. The molecule has 0 aliphatic rings. The molecular formula is C12H18ClN3O. The van der Waals surface area contributed by atoms with Gasteiger partial charge in [-0.25, -0.2) is 0 Å². The Hall–Kier alpha value is -1.26. The topological polar surface area (TPSA) is 81.1 Å². The van der Waals surface area contributed by atoms with Crippen molar-refractivity contribution < 1.29 is 4.79 Å². The number of halogens is 1. The van der Waals surface area contributed by atoms with Crippen molar-refractivity contribution in [1.29, 1.82) is 0 Å². The second kappa shape index (κ2) is 5.89. The third-order valence-corrected chi connectivity index (χ3v) is 2.87. The predicted octanol–water partition coefficient (Wildman–Crippen LogP) is 1.83. The zero-order valence-corrected chi connectivity index (χ0v) is 10.8. The number of primary amides is 1. The van der Waals surface area contributed by atoms with Crippen molar-refractivity contribution in [2.45, 2.75) is 19.9 Å². The Morgan fingerprint density at radius 2 is 2.12 bits per heavy atom. The minimum absolute atomic E-state index is 0.0198. The van der Waals surface area contributed by atoms with Gasteiger partial charge in [-0.15, -0.1) is 0 Å². The third kappa shape index (κ3) is 3.91. The zero-order chi connectivity index (χ0) is 13.0. The summed E-state index contributed by atoms with van der Waals surface area (Å²) >= 11 is 5.81. The van der Waals surface area contributed by atoms with E-state index in [2.05, 4.69) is 5.32 Å². The molecule has 94 valence electrons. The lowest BCUT2D eigenvalue weighted by Crippen LogP contribution is -2.34. The molecule has 5 heteroatoms. The van der Waals surface area contributed by atoms with E-state index in [1.165, 1.54) is 0 Å².